The SMILES string of the molecule is CC(C)(C)OC(=O)N1CCC(CCCNCc2nc3ccccc3[nH]2)CC1. The second kappa shape index (κ2) is 8.74. The van der Waals surface area contributed by atoms with E-state index in [9.17, 15) is 4.79 Å². The van der Waals surface area contributed by atoms with Crippen molar-refractivity contribution in [3.8, 4) is 0 Å². The lowest BCUT2D eigenvalue weighted by atomic mass is 9.92. The fourth-order valence-corrected chi connectivity index (χ4v) is 3.54. The van der Waals surface area contributed by atoms with Gasteiger partial charge < -0.3 is 19.9 Å². The Morgan fingerprint density at radius 2 is 2.04 bits per heavy atom. The Kier molecular flexibility index (Phi) is 6.37. The van der Waals surface area contributed by atoms with Crippen molar-refractivity contribution < 1.29 is 9.53 Å². The van der Waals surface area contributed by atoms with Crippen LogP contribution in [0.15, 0.2) is 24.3 Å². The number of likely N-dealkylation sites (tertiary alicyclic amines) is 1. The summed E-state index contributed by atoms with van der Waals surface area (Å²) in [5, 5.41) is 3.48. The molecule has 148 valence electrons. The molecule has 0 aliphatic carbocycles. The molecule has 27 heavy (non-hydrogen) atoms. The van der Waals surface area contributed by atoms with Crippen molar-refractivity contribution in [3.63, 3.8) is 0 Å². The van der Waals surface area contributed by atoms with Crippen LogP contribution in [-0.4, -0.2) is 46.2 Å². The summed E-state index contributed by atoms with van der Waals surface area (Å²) in [5.41, 5.74) is 1.69. The molecule has 1 saturated heterocycles. The highest BCUT2D eigenvalue weighted by Gasteiger charge is 2.26. The molecule has 0 unspecified atom stereocenters. The van der Waals surface area contributed by atoms with Crippen LogP contribution in [0.4, 0.5) is 4.79 Å². The van der Waals surface area contributed by atoms with Crippen LogP contribution in [0.25, 0.3) is 11.0 Å². The third-order valence-electron chi connectivity index (χ3n) is 4.96. The maximum atomic E-state index is 12.1. The Morgan fingerprint density at radius 1 is 1.30 bits per heavy atom. The Bertz CT molecular complexity index is 709. The average Bonchev–Trinajstić information content (AvgIpc) is 3.03. The lowest BCUT2D eigenvalue weighted by Gasteiger charge is -2.33. The molecule has 2 aromatic rings. The van der Waals surface area contributed by atoms with Gasteiger partial charge in [0.15, 0.2) is 0 Å². The molecule has 2 N–H and O–H groups in total. The fourth-order valence-electron chi connectivity index (χ4n) is 3.54. The number of aromatic amines is 1. The van der Waals surface area contributed by atoms with Gasteiger partial charge in [-0.15, -0.1) is 0 Å². The van der Waals surface area contributed by atoms with Crippen LogP contribution in [0, 0.1) is 5.92 Å². The van der Waals surface area contributed by atoms with Gasteiger partial charge in [0.25, 0.3) is 0 Å². The Balaban J connectivity index is 1.30. The van der Waals surface area contributed by atoms with E-state index in [1.165, 1.54) is 6.42 Å². The highest BCUT2D eigenvalue weighted by molar-refractivity contribution is 5.74. The van der Waals surface area contributed by atoms with Crippen LogP contribution in [0.2, 0.25) is 0 Å². The van der Waals surface area contributed by atoms with Gasteiger partial charge in [0, 0.05) is 13.1 Å². The van der Waals surface area contributed by atoms with Crippen molar-refractivity contribution in [1.82, 2.24) is 20.2 Å². The molecule has 1 aromatic carbocycles. The third kappa shape index (κ3) is 5.96. The number of hydrogen-bond donors (Lipinski definition) is 2. The van der Waals surface area contributed by atoms with Crippen LogP contribution >= 0.6 is 0 Å². The number of carbonyl (C=O) groups excluding carboxylic acids is 1. The van der Waals surface area contributed by atoms with Gasteiger partial charge in [-0.1, -0.05) is 12.1 Å². The molecule has 1 aliphatic rings. The summed E-state index contributed by atoms with van der Waals surface area (Å²) >= 11 is 0. The second-order valence-electron chi connectivity index (χ2n) is 8.43. The number of piperidine rings is 1. The Hall–Kier alpha value is -2.08. The molecule has 1 amide bonds. The van der Waals surface area contributed by atoms with Crippen molar-refractivity contribution in [2.45, 2.75) is 58.6 Å². The number of carbonyl (C=O) groups is 1. The number of rotatable bonds is 6. The van der Waals surface area contributed by atoms with Gasteiger partial charge >= 0.3 is 6.09 Å². The van der Waals surface area contributed by atoms with E-state index in [1.807, 2.05) is 43.9 Å². The van der Waals surface area contributed by atoms with Crippen molar-refractivity contribution in [1.29, 1.82) is 0 Å². The lowest BCUT2D eigenvalue weighted by molar-refractivity contribution is 0.0180. The Labute approximate surface area is 161 Å². The minimum absolute atomic E-state index is 0.173. The molecule has 2 heterocycles. The van der Waals surface area contributed by atoms with Gasteiger partial charge in [-0.05, 0) is 71.0 Å². The zero-order chi connectivity index (χ0) is 19.3. The average molecular weight is 373 g/mol. The molecule has 0 spiro atoms. The quantitative estimate of drug-likeness (QED) is 0.750. The van der Waals surface area contributed by atoms with Crippen molar-refractivity contribution in [2.24, 2.45) is 5.92 Å². The van der Waals surface area contributed by atoms with E-state index in [4.69, 9.17) is 4.74 Å². The molecule has 1 aromatic heterocycles. The number of nitrogens with zero attached hydrogens (tertiary/aromatic N) is 2. The minimum atomic E-state index is -0.417. The van der Waals surface area contributed by atoms with Gasteiger partial charge in [-0.2, -0.15) is 0 Å². The number of amides is 1. The number of para-hydroxylation sites is 2. The van der Waals surface area contributed by atoms with Crippen LogP contribution < -0.4 is 5.32 Å². The summed E-state index contributed by atoms with van der Waals surface area (Å²) in [6.07, 6.45) is 4.33. The molecule has 1 fully saturated rings. The van der Waals surface area contributed by atoms with Gasteiger partial charge in [0.05, 0.1) is 17.6 Å². The molecule has 6 heteroatoms. The molecule has 1 aliphatic heterocycles. The van der Waals surface area contributed by atoms with Crippen LogP contribution in [0.5, 0.6) is 0 Å². The van der Waals surface area contributed by atoms with E-state index >= 15 is 0 Å². The molecule has 6 nitrogen and oxygen atoms in total. The Morgan fingerprint density at radius 3 is 2.74 bits per heavy atom. The molecule has 0 atom stereocenters. The number of nitrogens with one attached hydrogen (secondary N) is 2. The summed E-state index contributed by atoms with van der Waals surface area (Å²) in [7, 11) is 0. The number of ether oxygens (including phenoxy) is 1. The van der Waals surface area contributed by atoms with Gasteiger partial charge in [-0.25, -0.2) is 9.78 Å². The lowest BCUT2D eigenvalue weighted by Crippen LogP contribution is -2.41. The maximum Gasteiger partial charge on any atom is 0.410 e. The molecular weight excluding hydrogens is 340 g/mol. The van der Waals surface area contributed by atoms with Gasteiger partial charge in [0.2, 0.25) is 0 Å². The van der Waals surface area contributed by atoms with E-state index < -0.39 is 5.60 Å². The summed E-state index contributed by atoms with van der Waals surface area (Å²) < 4.78 is 5.46. The van der Waals surface area contributed by atoms with Crippen LogP contribution in [-0.2, 0) is 11.3 Å². The first-order valence-electron chi connectivity index (χ1n) is 10.0. The molecule has 3 rings (SSSR count). The first-order valence-corrected chi connectivity index (χ1v) is 10.0. The zero-order valence-electron chi connectivity index (χ0n) is 16.8. The highest BCUT2D eigenvalue weighted by atomic mass is 16.6. The number of imidazole rings is 1. The number of aromatic nitrogens is 2. The number of H-pyrrole nitrogens is 1. The zero-order valence-corrected chi connectivity index (χ0v) is 16.8. The van der Waals surface area contributed by atoms with E-state index in [-0.39, 0.29) is 6.09 Å². The van der Waals surface area contributed by atoms with Crippen LogP contribution in [0.3, 0.4) is 0 Å². The summed E-state index contributed by atoms with van der Waals surface area (Å²) in [5.74, 6) is 1.69. The molecular formula is C21H32N4O2. The van der Waals surface area contributed by atoms with Gasteiger partial charge in [0.1, 0.15) is 11.4 Å². The molecule has 0 radical (unpaired) electrons. The second-order valence-corrected chi connectivity index (χ2v) is 8.43. The third-order valence-corrected chi connectivity index (χ3v) is 4.96. The molecule has 0 saturated carbocycles. The summed E-state index contributed by atoms with van der Waals surface area (Å²) in [6, 6.07) is 8.11. The fraction of sp³-hybridized carbons (Fsp3) is 0.619. The first-order chi connectivity index (χ1) is 12.9. The van der Waals surface area contributed by atoms with Gasteiger partial charge in [-0.3, -0.25) is 0 Å². The minimum Gasteiger partial charge on any atom is -0.444 e. The first kappa shape index (κ1) is 19.7. The summed E-state index contributed by atoms with van der Waals surface area (Å²) in [4.78, 5) is 21.9. The predicted molar refractivity (Wildman–Crippen MR) is 108 cm³/mol. The standard InChI is InChI=1S/C21H32N4O2/c1-21(2,3)27-20(26)25-13-10-16(11-14-25)7-6-12-22-15-19-23-17-8-4-5-9-18(17)24-19/h4-5,8-9,16,22H,6-7,10-15H2,1-3H3,(H,23,24). The van der Waals surface area contributed by atoms with E-state index in [0.29, 0.717) is 5.92 Å². The van der Waals surface area contributed by atoms with Crippen molar-refractivity contribution in [3.05, 3.63) is 30.1 Å². The smallest absolute Gasteiger partial charge is 0.410 e. The predicted octanol–water partition coefficient (Wildman–Crippen LogP) is 4.08. The highest BCUT2D eigenvalue weighted by Crippen LogP contribution is 2.23. The van der Waals surface area contributed by atoms with Crippen LogP contribution in [0.1, 0.15) is 52.3 Å². The van der Waals surface area contributed by atoms with E-state index in [2.05, 4.69) is 21.4 Å². The monoisotopic (exact) mass is 372 g/mol. The van der Waals surface area contributed by atoms with Crippen molar-refractivity contribution >= 4 is 17.1 Å². The van der Waals surface area contributed by atoms with E-state index in [0.717, 1.165) is 62.3 Å². The number of fused-ring (bicyclic) bond motifs is 1. The number of hydrogen-bond acceptors (Lipinski definition) is 4. The maximum absolute atomic E-state index is 12.1. The number of benzene rings is 1. The van der Waals surface area contributed by atoms with Crippen molar-refractivity contribution in [2.75, 3.05) is 19.6 Å². The normalized spacial score (nSPS) is 16.0. The summed E-state index contributed by atoms with van der Waals surface area (Å²) in [6.45, 7) is 9.12. The largest absolute Gasteiger partial charge is 0.444 e. The van der Waals surface area contributed by atoms with E-state index in [1.54, 1.807) is 0 Å². The molecule has 0 bridgehead atoms. The topological polar surface area (TPSA) is 70.2 Å².